The maximum atomic E-state index is 6.79. The van der Waals surface area contributed by atoms with Crippen molar-refractivity contribution in [3.05, 3.63) is 0 Å². The molecule has 48 heavy (non-hydrogen) atoms. The molecule has 0 amide bonds. The zero-order valence-electron chi connectivity index (χ0n) is 32.3. The summed E-state index contributed by atoms with van der Waals surface area (Å²) in [5.41, 5.74) is -0.103. The average Bonchev–Trinajstić information content (AvgIpc) is 3.08. The van der Waals surface area contributed by atoms with Crippen LogP contribution in [0, 0.1) is 0 Å². The molecular formula is C38H76O9S. The number of hydrogen-bond acceptors (Lipinski definition) is 10. The molecule has 0 N–H and O–H groups in total. The van der Waals surface area contributed by atoms with Gasteiger partial charge in [0.15, 0.2) is 6.29 Å². The lowest BCUT2D eigenvalue weighted by Gasteiger charge is -2.42. The van der Waals surface area contributed by atoms with Gasteiger partial charge in [0, 0.05) is 58.4 Å². The van der Waals surface area contributed by atoms with E-state index in [9.17, 15) is 0 Å². The number of unbranched alkanes of at least 4 members (excludes halogenated alkanes) is 6. The van der Waals surface area contributed by atoms with Crippen molar-refractivity contribution in [3.63, 3.8) is 0 Å². The van der Waals surface area contributed by atoms with Gasteiger partial charge in [-0.1, -0.05) is 87.0 Å². The van der Waals surface area contributed by atoms with Crippen LogP contribution in [0.3, 0.4) is 0 Å². The molecule has 1 fully saturated rings. The van der Waals surface area contributed by atoms with Crippen LogP contribution in [-0.2, 0) is 42.6 Å². The summed E-state index contributed by atoms with van der Waals surface area (Å²) < 4.78 is 57.0. The summed E-state index contributed by atoms with van der Waals surface area (Å²) in [5, 5.41) is 0.0436. The minimum absolute atomic E-state index is 0.0436. The Morgan fingerprint density at radius 1 is 0.646 bits per heavy atom. The molecule has 0 bridgehead atoms. The molecule has 1 heterocycles. The third-order valence-corrected chi connectivity index (χ3v) is 9.80. The van der Waals surface area contributed by atoms with Crippen LogP contribution in [0.25, 0.3) is 0 Å². The summed E-state index contributed by atoms with van der Waals surface area (Å²) in [5.74, 6) is 0. The molecule has 288 valence electrons. The summed E-state index contributed by atoms with van der Waals surface area (Å²) in [6.07, 6.45) is 11.7. The second kappa shape index (κ2) is 31.7. The second-order valence-corrected chi connectivity index (χ2v) is 14.5. The molecule has 1 saturated heterocycles. The minimum Gasteiger partial charge on any atom is -0.379 e. The summed E-state index contributed by atoms with van der Waals surface area (Å²) in [4.78, 5) is 0. The Morgan fingerprint density at radius 2 is 1.17 bits per heavy atom. The van der Waals surface area contributed by atoms with Crippen LogP contribution in [0.5, 0.6) is 0 Å². The molecule has 0 aromatic heterocycles. The van der Waals surface area contributed by atoms with Crippen molar-refractivity contribution in [2.24, 2.45) is 0 Å². The van der Waals surface area contributed by atoms with Crippen molar-refractivity contribution in [3.8, 4) is 0 Å². The molecular weight excluding hydrogens is 632 g/mol. The van der Waals surface area contributed by atoms with Crippen LogP contribution in [0.15, 0.2) is 0 Å². The first-order valence-corrected chi connectivity index (χ1v) is 20.5. The van der Waals surface area contributed by atoms with Gasteiger partial charge in [0.2, 0.25) is 0 Å². The molecule has 1 aliphatic rings. The van der Waals surface area contributed by atoms with Crippen molar-refractivity contribution in [2.75, 3.05) is 66.6 Å². The van der Waals surface area contributed by atoms with Gasteiger partial charge in [-0.2, -0.15) is 0 Å². The van der Waals surface area contributed by atoms with Crippen molar-refractivity contribution in [2.45, 2.75) is 179 Å². The fourth-order valence-corrected chi connectivity index (χ4v) is 6.54. The highest BCUT2D eigenvalue weighted by atomic mass is 32.2. The highest BCUT2D eigenvalue weighted by molar-refractivity contribution is 8.00. The molecule has 3 unspecified atom stereocenters. The average molecular weight is 709 g/mol. The summed E-state index contributed by atoms with van der Waals surface area (Å²) >= 11 is 1.78. The Bertz CT molecular complexity index is 691. The maximum Gasteiger partial charge on any atom is 0.186 e. The molecule has 0 aliphatic carbocycles. The van der Waals surface area contributed by atoms with E-state index in [1.54, 1.807) is 18.9 Å². The number of hydrogen-bond donors (Lipinski definition) is 0. The smallest absolute Gasteiger partial charge is 0.186 e. The van der Waals surface area contributed by atoms with E-state index in [1.807, 2.05) is 0 Å². The van der Waals surface area contributed by atoms with Gasteiger partial charge in [0.25, 0.3) is 0 Å². The first kappa shape index (κ1) is 46.0. The Hall–Kier alpha value is -0.0100. The Kier molecular flexibility index (Phi) is 30.4. The molecule has 0 radical (unpaired) electrons. The maximum absolute atomic E-state index is 6.79. The predicted octanol–water partition coefficient (Wildman–Crippen LogP) is 8.59. The molecule has 8 atom stereocenters. The standard InChI is InChI=1S/C38H76O9S/c1-9-15-21-40-28-33(47-38(39-8)35(44-25-19-13-5)30-42-23-17-11-3)31(7)48-36-27-32(43-24-18-12-4)37(45-26-20-14-6)34(46-36)29-41-22-16-10-2/h31-38H,9-30H2,1-8H3/t31-,32?,33?,34?,35-,36-,37-,38-/m0/s1. The van der Waals surface area contributed by atoms with Crippen molar-refractivity contribution < 1.29 is 42.6 Å². The molecule has 0 aromatic carbocycles. The fraction of sp³-hybridized carbons (Fsp3) is 1.00. The van der Waals surface area contributed by atoms with E-state index in [-0.39, 0.29) is 41.2 Å². The largest absolute Gasteiger partial charge is 0.379 e. The SMILES string of the molecule is CCCCOCC1O[C@@H](S[C@@H](C)C(COCCCC)O[C@H](OC)[C@H](COCCCC)OCCCC)CC(OCCCC)[C@@H]1OCCCC. The highest BCUT2D eigenvalue weighted by Crippen LogP contribution is 2.35. The van der Waals surface area contributed by atoms with Crippen LogP contribution < -0.4 is 0 Å². The van der Waals surface area contributed by atoms with Crippen molar-refractivity contribution in [1.82, 2.24) is 0 Å². The number of ether oxygens (including phenoxy) is 9. The molecule has 1 aliphatic heterocycles. The lowest BCUT2D eigenvalue weighted by molar-refractivity contribution is -0.232. The molecule has 0 aromatic rings. The zero-order chi connectivity index (χ0) is 35.2. The van der Waals surface area contributed by atoms with Gasteiger partial charge >= 0.3 is 0 Å². The van der Waals surface area contributed by atoms with Gasteiger partial charge in [-0.15, -0.1) is 11.8 Å². The van der Waals surface area contributed by atoms with Gasteiger partial charge in [0.05, 0.1) is 32.0 Å². The van der Waals surface area contributed by atoms with E-state index in [1.165, 1.54) is 0 Å². The van der Waals surface area contributed by atoms with E-state index in [0.717, 1.165) is 96.7 Å². The fourth-order valence-electron chi connectivity index (χ4n) is 5.23. The monoisotopic (exact) mass is 709 g/mol. The molecule has 1 rings (SSSR count). The minimum atomic E-state index is -0.584. The third kappa shape index (κ3) is 20.7. The Morgan fingerprint density at radius 3 is 1.75 bits per heavy atom. The normalized spacial score (nSPS) is 22.5. The Labute approximate surface area is 299 Å². The zero-order valence-corrected chi connectivity index (χ0v) is 33.1. The number of rotatable bonds is 34. The second-order valence-electron chi connectivity index (χ2n) is 13.0. The molecule has 0 spiro atoms. The van der Waals surface area contributed by atoms with Crippen molar-refractivity contribution >= 4 is 11.8 Å². The van der Waals surface area contributed by atoms with E-state index in [4.69, 9.17) is 42.6 Å². The summed E-state index contributed by atoms with van der Waals surface area (Å²) in [7, 11) is 1.68. The number of methoxy groups -OCH3 is 1. The first-order chi connectivity index (χ1) is 23.5. The highest BCUT2D eigenvalue weighted by Gasteiger charge is 2.42. The molecule has 10 heteroatoms. The Balaban J connectivity index is 3.15. The van der Waals surface area contributed by atoms with Gasteiger partial charge in [-0.3, -0.25) is 0 Å². The van der Waals surface area contributed by atoms with Crippen LogP contribution in [0.1, 0.15) is 132 Å². The molecule has 9 nitrogen and oxygen atoms in total. The van der Waals surface area contributed by atoms with Gasteiger partial charge in [-0.25, -0.2) is 0 Å². The van der Waals surface area contributed by atoms with E-state index in [2.05, 4.69) is 48.5 Å². The lowest BCUT2D eigenvalue weighted by Crippen LogP contribution is -2.52. The van der Waals surface area contributed by atoms with Crippen LogP contribution in [0.4, 0.5) is 0 Å². The van der Waals surface area contributed by atoms with E-state index >= 15 is 0 Å². The number of thioether (sulfide) groups is 1. The summed E-state index contributed by atoms with van der Waals surface area (Å²) in [6.45, 7) is 20.8. The first-order valence-electron chi connectivity index (χ1n) is 19.6. The third-order valence-electron chi connectivity index (χ3n) is 8.46. The van der Waals surface area contributed by atoms with Crippen LogP contribution in [0.2, 0.25) is 0 Å². The van der Waals surface area contributed by atoms with Crippen molar-refractivity contribution in [1.29, 1.82) is 0 Å². The topological polar surface area (TPSA) is 83.1 Å². The van der Waals surface area contributed by atoms with Crippen LogP contribution in [-0.4, -0.2) is 114 Å². The molecule has 0 saturated carbocycles. The van der Waals surface area contributed by atoms with Gasteiger partial charge in [0.1, 0.15) is 23.7 Å². The van der Waals surface area contributed by atoms with E-state index in [0.29, 0.717) is 46.2 Å². The lowest BCUT2D eigenvalue weighted by atomic mass is 10.0. The predicted molar refractivity (Wildman–Crippen MR) is 197 cm³/mol. The van der Waals surface area contributed by atoms with Gasteiger partial charge < -0.3 is 42.6 Å². The van der Waals surface area contributed by atoms with Gasteiger partial charge in [-0.05, 0) is 38.5 Å². The van der Waals surface area contributed by atoms with Crippen LogP contribution >= 0.6 is 11.8 Å². The quantitative estimate of drug-likeness (QED) is 0.0479. The summed E-state index contributed by atoms with van der Waals surface area (Å²) in [6, 6.07) is 0. The van der Waals surface area contributed by atoms with E-state index < -0.39 is 6.29 Å².